The summed E-state index contributed by atoms with van der Waals surface area (Å²) in [6.07, 6.45) is 0. The van der Waals surface area contributed by atoms with E-state index in [0.29, 0.717) is 5.75 Å². The van der Waals surface area contributed by atoms with Gasteiger partial charge in [0, 0.05) is 18.8 Å². The molecule has 7 N–H and O–H groups in total. The van der Waals surface area contributed by atoms with E-state index in [0.717, 1.165) is 5.69 Å². The fraction of sp³-hybridized carbons (Fsp3) is 0.250. The molecular formula is C8H14N4O. The van der Waals surface area contributed by atoms with Gasteiger partial charge < -0.3 is 10.1 Å². The first-order chi connectivity index (χ1) is 6.01. The van der Waals surface area contributed by atoms with Gasteiger partial charge in [0.15, 0.2) is 0 Å². The fourth-order valence-electron chi connectivity index (χ4n) is 0.919. The van der Waals surface area contributed by atoms with Crippen molar-refractivity contribution in [3.63, 3.8) is 0 Å². The molecular weight excluding hydrogens is 168 g/mol. The van der Waals surface area contributed by atoms with Gasteiger partial charge in [-0.25, -0.2) is 0 Å². The maximum atomic E-state index is 5.27. The van der Waals surface area contributed by atoms with Gasteiger partial charge in [0.25, 0.3) is 5.97 Å². The zero-order valence-corrected chi connectivity index (χ0v) is 7.45. The van der Waals surface area contributed by atoms with Crippen LogP contribution in [-0.4, -0.2) is 13.0 Å². The van der Waals surface area contributed by atoms with E-state index in [4.69, 9.17) is 21.9 Å². The summed E-state index contributed by atoms with van der Waals surface area (Å²) in [4.78, 5) is 0. The van der Waals surface area contributed by atoms with Crippen LogP contribution in [0.25, 0.3) is 0 Å². The van der Waals surface area contributed by atoms with Crippen LogP contribution < -0.4 is 27.3 Å². The lowest BCUT2D eigenvalue weighted by atomic mass is 10.3. The molecule has 0 saturated carbocycles. The number of nitrogens with one attached hydrogen (secondary N) is 1. The average Bonchev–Trinajstić information content (AvgIpc) is 2.01. The molecule has 1 aromatic rings. The number of rotatable bonds is 3. The van der Waals surface area contributed by atoms with Gasteiger partial charge in [-0.1, -0.05) is 6.07 Å². The third-order valence-corrected chi connectivity index (χ3v) is 1.42. The van der Waals surface area contributed by atoms with Crippen LogP contribution >= 0.6 is 0 Å². The van der Waals surface area contributed by atoms with Gasteiger partial charge in [0.1, 0.15) is 5.75 Å². The van der Waals surface area contributed by atoms with Crippen LogP contribution in [-0.2, 0) is 0 Å². The highest BCUT2D eigenvalue weighted by Crippen LogP contribution is 2.17. The second-order valence-electron chi connectivity index (χ2n) is 2.73. The first-order valence-corrected chi connectivity index (χ1v) is 3.85. The minimum atomic E-state index is -1.63. The van der Waals surface area contributed by atoms with Crippen molar-refractivity contribution in [1.82, 2.24) is 0 Å². The van der Waals surface area contributed by atoms with E-state index in [-0.39, 0.29) is 0 Å². The Kier molecular flexibility index (Phi) is 2.72. The molecule has 0 aliphatic carbocycles. The maximum Gasteiger partial charge on any atom is 0.271 e. The molecule has 0 amide bonds. The Hall–Kier alpha value is -1.30. The fourth-order valence-corrected chi connectivity index (χ4v) is 0.919. The van der Waals surface area contributed by atoms with Crippen LogP contribution in [0.4, 0.5) is 5.69 Å². The molecule has 5 heteroatoms. The van der Waals surface area contributed by atoms with Crippen molar-refractivity contribution in [3.8, 4) is 5.75 Å². The highest BCUT2D eigenvalue weighted by molar-refractivity contribution is 5.47. The first-order valence-electron chi connectivity index (χ1n) is 3.85. The molecule has 0 aliphatic rings. The lowest BCUT2D eigenvalue weighted by molar-refractivity contribution is 0.0903. The monoisotopic (exact) mass is 182 g/mol. The quantitative estimate of drug-likeness (QED) is 0.476. The molecule has 0 spiro atoms. The van der Waals surface area contributed by atoms with Gasteiger partial charge in [-0.05, 0) is 12.1 Å². The summed E-state index contributed by atoms with van der Waals surface area (Å²) < 4.78 is 5.04. The van der Waals surface area contributed by atoms with Crippen LogP contribution in [0.5, 0.6) is 5.75 Å². The zero-order chi connectivity index (χ0) is 9.90. The molecule has 0 unspecified atom stereocenters. The van der Waals surface area contributed by atoms with Gasteiger partial charge in [-0.15, -0.1) is 0 Å². The van der Waals surface area contributed by atoms with E-state index < -0.39 is 5.97 Å². The minimum Gasteiger partial charge on any atom is -0.447 e. The topological polar surface area (TPSA) is 99.3 Å². The van der Waals surface area contributed by atoms with Crippen molar-refractivity contribution in [2.45, 2.75) is 5.97 Å². The number of benzene rings is 1. The molecule has 0 aliphatic heterocycles. The third kappa shape index (κ3) is 3.29. The molecule has 0 radical (unpaired) electrons. The smallest absolute Gasteiger partial charge is 0.271 e. The predicted molar refractivity (Wildman–Crippen MR) is 51.9 cm³/mol. The standard InChI is InChI=1S/C8H14N4O/c1-12-6-3-2-4-7(5-6)13-8(9,10)11/h2-5,12H,9-11H2,1H3. The molecule has 0 aromatic heterocycles. The SMILES string of the molecule is CNc1cccc(OC(N)(N)N)c1. The molecule has 0 atom stereocenters. The van der Waals surface area contributed by atoms with Crippen LogP contribution in [0, 0.1) is 0 Å². The van der Waals surface area contributed by atoms with Crippen LogP contribution in [0.1, 0.15) is 0 Å². The van der Waals surface area contributed by atoms with Crippen molar-refractivity contribution in [1.29, 1.82) is 0 Å². The molecule has 0 fully saturated rings. The molecule has 0 bridgehead atoms. The third-order valence-electron chi connectivity index (χ3n) is 1.42. The summed E-state index contributed by atoms with van der Waals surface area (Å²) in [7, 11) is 1.81. The second-order valence-corrected chi connectivity index (χ2v) is 2.73. The lowest BCUT2D eigenvalue weighted by Crippen LogP contribution is -2.62. The maximum absolute atomic E-state index is 5.27. The largest absolute Gasteiger partial charge is 0.447 e. The Labute approximate surface area is 76.8 Å². The highest BCUT2D eigenvalue weighted by atomic mass is 16.5. The predicted octanol–water partition coefficient (Wildman–Crippen LogP) is -0.405. The van der Waals surface area contributed by atoms with E-state index in [1.54, 1.807) is 19.2 Å². The Morgan fingerprint density at radius 1 is 1.31 bits per heavy atom. The van der Waals surface area contributed by atoms with Gasteiger partial charge in [0.05, 0.1) is 0 Å². The highest BCUT2D eigenvalue weighted by Gasteiger charge is 2.12. The average molecular weight is 182 g/mol. The summed E-state index contributed by atoms with van der Waals surface area (Å²) in [5.74, 6) is -1.11. The van der Waals surface area contributed by atoms with Crippen LogP contribution in [0.15, 0.2) is 24.3 Å². The molecule has 1 aromatic carbocycles. The van der Waals surface area contributed by atoms with E-state index in [1.165, 1.54) is 0 Å². The van der Waals surface area contributed by atoms with Gasteiger partial charge in [-0.2, -0.15) is 0 Å². The number of ether oxygens (including phenoxy) is 1. The first kappa shape index (κ1) is 9.79. The minimum absolute atomic E-state index is 0.527. The summed E-state index contributed by atoms with van der Waals surface area (Å²) in [6, 6.07) is 7.18. The van der Waals surface area contributed by atoms with Crippen LogP contribution in [0.2, 0.25) is 0 Å². The summed E-state index contributed by atoms with van der Waals surface area (Å²) in [6.45, 7) is 0. The Balaban J connectivity index is 2.78. The number of nitrogens with two attached hydrogens (primary N) is 3. The second kappa shape index (κ2) is 3.61. The zero-order valence-electron chi connectivity index (χ0n) is 7.45. The summed E-state index contributed by atoms with van der Waals surface area (Å²) in [5, 5.41) is 2.95. The molecule has 1 rings (SSSR count). The number of anilines is 1. The van der Waals surface area contributed by atoms with Gasteiger partial charge in [-0.3, -0.25) is 17.2 Å². The molecule has 13 heavy (non-hydrogen) atoms. The van der Waals surface area contributed by atoms with E-state index in [2.05, 4.69) is 5.32 Å². The van der Waals surface area contributed by atoms with Gasteiger partial charge >= 0.3 is 0 Å². The van der Waals surface area contributed by atoms with Crippen LogP contribution in [0.3, 0.4) is 0 Å². The van der Waals surface area contributed by atoms with Crippen molar-refractivity contribution in [2.24, 2.45) is 17.2 Å². The number of hydrogen-bond acceptors (Lipinski definition) is 5. The summed E-state index contributed by atoms with van der Waals surface area (Å²) >= 11 is 0. The molecule has 5 nitrogen and oxygen atoms in total. The van der Waals surface area contributed by atoms with Crippen molar-refractivity contribution >= 4 is 5.69 Å². The van der Waals surface area contributed by atoms with E-state index in [9.17, 15) is 0 Å². The van der Waals surface area contributed by atoms with E-state index in [1.807, 2.05) is 12.1 Å². The lowest BCUT2D eigenvalue weighted by Gasteiger charge is -2.20. The number of hydrogen-bond donors (Lipinski definition) is 4. The Morgan fingerprint density at radius 3 is 2.54 bits per heavy atom. The molecule has 0 heterocycles. The Bertz CT molecular complexity index is 282. The van der Waals surface area contributed by atoms with E-state index >= 15 is 0 Å². The summed E-state index contributed by atoms with van der Waals surface area (Å²) in [5.41, 5.74) is 16.7. The normalized spacial score (nSPS) is 11.1. The Morgan fingerprint density at radius 2 is 2.00 bits per heavy atom. The van der Waals surface area contributed by atoms with Crippen molar-refractivity contribution in [2.75, 3.05) is 12.4 Å². The molecule has 0 saturated heterocycles. The molecule has 72 valence electrons. The van der Waals surface area contributed by atoms with Gasteiger partial charge in [0.2, 0.25) is 0 Å². The van der Waals surface area contributed by atoms with Crippen molar-refractivity contribution in [3.05, 3.63) is 24.3 Å². The van der Waals surface area contributed by atoms with Crippen molar-refractivity contribution < 1.29 is 4.74 Å².